The first-order chi connectivity index (χ1) is 13.4. The predicted molar refractivity (Wildman–Crippen MR) is 99.4 cm³/mol. The highest BCUT2D eigenvalue weighted by Gasteiger charge is 2.29. The molecule has 4 N–H and O–H groups in total. The molecule has 8 heteroatoms. The molecule has 1 aliphatic carbocycles. The zero-order chi connectivity index (χ0) is 21.0. The van der Waals surface area contributed by atoms with Gasteiger partial charge >= 0.3 is 0 Å². The maximum atomic E-state index is 14.6. The lowest BCUT2D eigenvalue weighted by atomic mass is 9.90. The first-order valence-electron chi connectivity index (χ1n) is 7.92. The minimum absolute atomic E-state index is 0.0388. The van der Waals surface area contributed by atoms with Crippen LogP contribution in [0.25, 0.3) is 16.7 Å². The van der Waals surface area contributed by atoms with Crippen molar-refractivity contribution in [1.82, 2.24) is 0 Å². The van der Waals surface area contributed by atoms with E-state index < -0.39 is 51.4 Å². The first-order valence-corrected chi connectivity index (χ1v) is 7.92. The van der Waals surface area contributed by atoms with E-state index in [2.05, 4.69) is 5.73 Å². The first kappa shape index (κ1) is 20.9. The van der Waals surface area contributed by atoms with E-state index >= 15 is 0 Å². The Morgan fingerprint density at radius 2 is 1.32 bits per heavy atom. The molecule has 144 valence electrons. The highest BCUT2D eigenvalue weighted by atomic mass is 19.2. The van der Waals surface area contributed by atoms with Gasteiger partial charge < -0.3 is 5.73 Å². The van der Waals surface area contributed by atoms with Gasteiger partial charge in [0.1, 0.15) is 0 Å². The number of aldehydes is 1. The molecule has 28 heavy (non-hydrogen) atoms. The fraction of sp³-hybridized carbons (Fsp3) is 0.0500. The molecule has 0 radical (unpaired) electrons. The van der Waals surface area contributed by atoms with Crippen molar-refractivity contribution in [3.05, 3.63) is 76.9 Å². The molecule has 0 saturated carbocycles. The van der Waals surface area contributed by atoms with Crippen LogP contribution in [0.3, 0.4) is 0 Å². The van der Waals surface area contributed by atoms with E-state index in [1.54, 1.807) is 6.07 Å². The highest BCUT2D eigenvalue weighted by Crippen LogP contribution is 2.36. The SMILES string of the molecule is CN.N=C1C=C(c2c(F)c(F)c(-c3ccccc3)c(F)c2F)C=C(C=O)C1=N. The van der Waals surface area contributed by atoms with Gasteiger partial charge in [0, 0.05) is 5.57 Å². The highest BCUT2D eigenvalue weighted by molar-refractivity contribution is 6.55. The molecular weight excluding hydrogens is 374 g/mol. The van der Waals surface area contributed by atoms with Crippen LogP contribution in [0.4, 0.5) is 17.6 Å². The van der Waals surface area contributed by atoms with Crippen LogP contribution < -0.4 is 5.73 Å². The molecule has 0 aromatic heterocycles. The number of carbonyl (C=O) groups is 1. The maximum Gasteiger partial charge on any atom is 0.170 e. The summed E-state index contributed by atoms with van der Waals surface area (Å²) in [6.07, 6.45) is 2.01. The van der Waals surface area contributed by atoms with Crippen molar-refractivity contribution in [2.45, 2.75) is 0 Å². The van der Waals surface area contributed by atoms with E-state index in [1.807, 2.05) is 0 Å². The zero-order valence-corrected chi connectivity index (χ0v) is 14.6. The van der Waals surface area contributed by atoms with Gasteiger partial charge in [-0.2, -0.15) is 0 Å². The molecule has 0 saturated heterocycles. The van der Waals surface area contributed by atoms with Crippen molar-refractivity contribution in [3.63, 3.8) is 0 Å². The van der Waals surface area contributed by atoms with E-state index in [0.717, 1.165) is 12.2 Å². The Kier molecular flexibility index (Phi) is 6.37. The minimum Gasteiger partial charge on any atom is -0.333 e. The van der Waals surface area contributed by atoms with Crippen LogP contribution in [0.5, 0.6) is 0 Å². The van der Waals surface area contributed by atoms with Gasteiger partial charge in [-0.1, -0.05) is 30.3 Å². The van der Waals surface area contributed by atoms with E-state index in [1.165, 1.54) is 31.3 Å². The quantitative estimate of drug-likeness (QED) is 0.320. The van der Waals surface area contributed by atoms with Gasteiger partial charge in [-0.05, 0) is 30.3 Å². The number of halogens is 4. The lowest BCUT2D eigenvalue weighted by molar-refractivity contribution is -0.104. The number of rotatable bonds is 3. The predicted octanol–water partition coefficient (Wildman–Crippen LogP) is 4.05. The molecule has 0 bridgehead atoms. The summed E-state index contributed by atoms with van der Waals surface area (Å²) < 4.78 is 58.1. The summed E-state index contributed by atoms with van der Waals surface area (Å²) in [6, 6.07) is 7.13. The number of benzene rings is 2. The molecule has 4 nitrogen and oxygen atoms in total. The second-order valence-corrected chi connectivity index (χ2v) is 5.48. The summed E-state index contributed by atoms with van der Waals surface area (Å²) in [4.78, 5) is 11.0. The monoisotopic (exact) mass is 389 g/mol. The van der Waals surface area contributed by atoms with Crippen LogP contribution in [0.2, 0.25) is 0 Å². The largest absolute Gasteiger partial charge is 0.333 e. The fourth-order valence-corrected chi connectivity index (χ4v) is 2.65. The van der Waals surface area contributed by atoms with Gasteiger partial charge in [0.05, 0.1) is 22.6 Å². The van der Waals surface area contributed by atoms with Crippen LogP contribution in [0.1, 0.15) is 5.56 Å². The van der Waals surface area contributed by atoms with Crippen molar-refractivity contribution in [2.75, 3.05) is 7.05 Å². The van der Waals surface area contributed by atoms with Crippen LogP contribution >= 0.6 is 0 Å². The Bertz CT molecular complexity index is 998. The lowest BCUT2D eigenvalue weighted by Crippen LogP contribution is -2.18. The van der Waals surface area contributed by atoms with E-state index in [-0.39, 0.29) is 17.4 Å². The number of hydrogen-bond donors (Lipinski definition) is 3. The third-order valence-electron chi connectivity index (χ3n) is 3.91. The van der Waals surface area contributed by atoms with Gasteiger partial charge in [-0.15, -0.1) is 0 Å². The molecule has 1 aliphatic rings. The van der Waals surface area contributed by atoms with Gasteiger partial charge in [0.25, 0.3) is 0 Å². The number of nitrogens with two attached hydrogens (primary N) is 1. The Balaban J connectivity index is 0.00000136. The maximum absolute atomic E-state index is 14.6. The summed E-state index contributed by atoms with van der Waals surface area (Å²) >= 11 is 0. The molecule has 0 spiro atoms. The van der Waals surface area contributed by atoms with Gasteiger partial charge in [0.15, 0.2) is 29.6 Å². The average Bonchev–Trinajstić information content (AvgIpc) is 2.71. The van der Waals surface area contributed by atoms with E-state index in [0.29, 0.717) is 0 Å². The summed E-state index contributed by atoms with van der Waals surface area (Å²) in [6.45, 7) is 0. The van der Waals surface area contributed by atoms with Crippen molar-refractivity contribution >= 4 is 23.3 Å². The molecule has 2 aromatic carbocycles. The Morgan fingerprint density at radius 1 is 0.821 bits per heavy atom. The van der Waals surface area contributed by atoms with Crippen LogP contribution in [0.15, 0.2) is 48.1 Å². The standard InChI is InChI=1S/C19H10F4N2O.CH5N/c20-15-13(9-4-2-1-3-5-9)16(21)18(23)14(17(15)22)10-6-11(8-26)19(25)12(24)7-10;1-2/h1-8,24-25H;2H2,1H3. The van der Waals surface area contributed by atoms with Crippen molar-refractivity contribution in [3.8, 4) is 11.1 Å². The smallest absolute Gasteiger partial charge is 0.170 e. The summed E-state index contributed by atoms with van der Waals surface area (Å²) in [5.41, 5.74) is 0.907. The lowest BCUT2D eigenvalue weighted by Gasteiger charge is -2.16. The molecule has 0 aliphatic heterocycles. The molecule has 3 rings (SSSR count). The number of hydrogen-bond acceptors (Lipinski definition) is 4. The number of carbonyl (C=O) groups excluding carboxylic acids is 1. The second-order valence-electron chi connectivity index (χ2n) is 5.48. The summed E-state index contributed by atoms with van der Waals surface area (Å²) in [5.74, 6) is -6.45. The Labute approximate surface area is 158 Å². The van der Waals surface area contributed by atoms with Crippen molar-refractivity contribution in [1.29, 1.82) is 10.8 Å². The number of allylic oxidation sites excluding steroid dienone is 4. The molecule has 0 heterocycles. The molecule has 0 atom stereocenters. The molecule has 0 amide bonds. The Hall–Kier alpha value is -3.39. The summed E-state index contributed by atoms with van der Waals surface area (Å²) in [5, 5.41) is 15.1. The second kappa shape index (κ2) is 8.53. The van der Waals surface area contributed by atoms with Crippen LogP contribution in [-0.4, -0.2) is 24.8 Å². The average molecular weight is 389 g/mol. The van der Waals surface area contributed by atoms with Crippen LogP contribution in [-0.2, 0) is 4.79 Å². The van der Waals surface area contributed by atoms with Gasteiger partial charge in [-0.3, -0.25) is 15.6 Å². The zero-order valence-electron chi connectivity index (χ0n) is 14.6. The normalized spacial score (nSPS) is 13.4. The molecule has 0 unspecified atom stereocenters. The van der Waals surface area contributed by atoms with E-state index in [9.17, 15) is 22.4 Å². The summed E-state index contributed by atoms with van der Waals surface area (Å²) in [7, 11) is 1.50. The van der Waals surface area contributed by atoms with Crippen LogP contribution in [0, 0.1) is 34.1 Å². The molecule has 2 aromatic rings. The number of nitrogens with one attached hydrogen (secondary N) is 2. The fourth-order valence-electron chi connectivity index (χ4n) is 2.65. The molecule has 0 fully saturated rings. The van der Waals surface area contributed by atoms with Crippen molar-refractivity contribution in [2.24, 2.45) is 5.73 Å². The van der Waals surface area contributed by atoms with Gasteiger partial charge in [0.2, 0.25) is 0 Å². The molecular formula is C20H15F4N3O. The topological polar surface area (TPSA) is 90.8 Å². The van der Waals surface area contributed by atoms with Gasteiger partial charge in [-0.25, -0.2) is 17.6 Å². The minimum atomic E-state index is -1.64. The third-order valence-corrected chi connectivity index (χ3v) is 3.91. The third kappa shape index (κ3) is 3.54. The van der Waals surface area contributed by atoms with E-state index in [4.69, 9.17) is 10.8 Å². The Morgan fingerprint density at radius 3 is 1.82 bits per heavy atom. The van der Waals surface area contributed by atoms with Crippen molar-refractivity contribution < 1.29 is 22.4 Å².